The van der Waals surface area contributed by atoms with Crippen LogP contribution in [0.1, 0.15) is 30.1 Å². The Labute approximate surface area is 151 Å². The third kappa shape index (κ3) is 3.85. The molecule has 2 amide bonds. The van der Waals surface area contributed by atoms with E-state index in [1.165, 1.54) is 24.3 Å². The number of rotatable bonds is 5. The van der Waals surface area contributed by atoms with E-state index in [4.69, 9.17) is 4.74 Å². The molecule has 0 aliphatic carbocycles. The number of amides is 2. The fourth-order valence-electron chi connectivity index (χ4n) is 3.11. The molecule has 0 aromatic heterocycles. The van der Waals surface area contributed by atoms with Gasteiger partial charge in [0, 0.05) is 12.1 Å². The fourth-order valence-corrected chi connectivity index (χ4v) is 3.11. The van der Waals surface area contributed by atoms with Gasteiger partial charge in [-0.05, 0) is 56.2 Å². The first-order chi connectivity index (χ1) is 12.6. The summed E-state index contributed by atoms with van der Waals surface area (Å²) in [6.45, 7) is 2.87. The second kappa shape index (κ2) is 7.99. The molecule has 5 nitrogen and oxygen atoms in total. The van der Waals surface area contributed by atoms with E-state index in [2.05, 4.69) is 5.32 Å². The van der Waals surface area contributed by atoms with Crippen molar-refractivity contribution in [1.82, 2.24) is 4.90 Å². The molecule has 1 aliphatic rings. The van der Waals surface area contributed by atoms with Gasteiger partial charge in [-0.1, -0.05) is 12.1 Å². The molecule has 6 heteroatoms. The lowest BCUT2D eigenvalue weighted by atomic mass is 10.1. The normalized spacial score (nSPS) is 16.4. The summed E-state index contributed by atoms with van der Waals surface area (Å²) in [4.78, 5) is 27.0. The number of nitrogens with zero attached hydrogens (tertiary/aromatic N) is 1. The summed E-state index contributed by atoms with van der Waals surface area (Å²) < 4.78 is 18.6. The predicted molar refractivity (Wildman–Crippen MR) is 96.7 cm³/mol. The number of hydrogen-bond acceptors (Lipinski definition) is 3. The molecular weight excluding hydrogens is 335 g/mol. The third-order valence-electron chi connectivity index (χ3n) is 4.35. The first kappa shape index (κ1) is 17.9. The lowest BCUT2D eigenvalue weighted by Gasteiger charge is -2.24. The minimum atomic E-state index is -0.553. The molecule has 1 aliphatic heterocycles. The summed E-state index contributed by atoms with van der Waals surface area (Å²) in [5.41, 5.74) is 0.959. The smallest absolute Gasteiger partial charge is 0.254 e. The van der Waals surface area contributed by atoms with Crippen molar-refractivity contribution >= 4 is 17.5 Å². The molecule has 2 aromatic rings. The van der Waals surface area contributed by atoms with E-state index in [0.717, 1.165) is 6.42 Å². The summed E-state index contributed by atoms with van der Waals surface area (Å²) in [5, 5.41) is 2.86. The van der Waals surface area contributed by atoms with Gasteiger partial charge in [-0.15, -0.1) is 0 Å². The van der Waals surface area contributed by atoms with Gasteiger partial charge >= 0.3 is 0 Å². The van der Waals surface area contributed by atoms with Crippen LogP contribution in [0, 0.1) is 5.82 Å². The lowest BCUT2D eigenvalue weighted by Crippen LogP contribution is -2.43. The second-order valence-corrected chi connectivity index (χ2v) is 6.08. The minimum absolute atomic E-state index is 0.245. The SMILES string of the molecule is CCOc1ccccc1NC(=O)[C@@H]1CCCN1C(=O)c1ccc(F)cc1. The van der Waals surface area contributed by atoms with Gasteiger partial charge in [0.2, 0.25) is 5.91 Å². The Balaban J connectivity index is 1.74. The lowest BCUT2D eigenvalue weighted by molar-refractivity contribution is -0.119. The first-order valence-corrected chi connectivity index (χ1v) is 8.69. The number of likely N-dealkylation sites (tertiary alicyclic amines) is 1. The Morgan fingerprint density at radius 1 is 1.19 bits per heavy atom. The fraction of sp³-hybridized carbons (Fsp3) is 0.300. The minimum Gasteiger partial charge on any atom is -0.492 e. The van der Waals surface area contributed by atoms with Crippen LogP contribution in [-0.4, -0.2) is 35.9 Å². The summed E-state index contributed by atoms with van der Waals surface area (Å²) in [7, 11) is 0. The summed E-state index contributed by atoms with van der Waals surface area (Å²) in [5.74, 6) is -0.312. The van der Waals surface area contributed by atoms with E-state index in [9.17, 15) is 14.0 Å². The van der Waals surface area contributed by atoms with Gasteiger partial charge < -0.3 is 15.0 Å². The molecule has 1 atom stereocenters. The van der Waals surface area contributed by atoms with Crippen LogP contribution in [0.3, 0.4) is 0 Å². The average molecular weight is 356 g/mol. The first-order valence-electron chi connectivity index (χ1n) is 8.69. The zero-order valence-corrected chi connectivity index (χ0v) is 14.6. The van der Waals surface area contributed by atoms with Gasteiger partial charge in [-0.25, -0.2) is 4.39 Å². The maximum Gasteiger partial charge on any atom is 0.254 e. The number of carbonyl (C=O) groups is 2. The highest BCUT2D eigenvalue weighted by molar-refractivity contribution is 6.02. The Hall–Kier alpha value is -2.89. The van der Waals surface area contributed by atoms with Crippen molar-refractivity contribution in [3.05, 3.63) is 59.9 Å². The molecule has 0 radical (unpaired) electrons. The molecule has 0 bridgehead atoms. The van der Waals surface area contributed by atoms with E-state index in [1.807, 2.05) is 19.1 Å². The van der Waals surface area contributed by atoms with Gasteiger partial charge in [-0.3, -0.25) is 9.59 Å². The Morgan fingerprint density at radius 2 is 1.92 bits per heavy atom. The van der Waals surface area contributed by atoms with E-state index >= 15 is 0 Å². The van der Waals surface area contributed by atoms with Crippen LogP contribution in [0.2, 0.25) is 0 Å². The number of ether oxygens (including phenoxy) is 1. The van der Waals surface area contributed by atoms with E-state index in [-0.39, 0.29) is 11.8 Å². The van der Waals surface area contributed by atoms with Gasteiger partial charge in [0.25, 0.3) is 5.91 Å². The maximum atomic E-state index is 13.1. The van der Waals surface area contributed by atoms with Gasteiger partial charge in [-0.2, -0.15) is 0 Å². The molecule has 136 valence electrons. The van der Waals surface area contributed by atoms with Gasteiger partial charge in [0.1, 0.15) is 17.6 Å². The van der Waals surface area contributed by atoms with Crippen molar-refractivity contribution in [2.24, 2.45) is 0 Å². The largest absolute Gasteiger partial charge is 0.492 e. The van der Waals surface area contributed by atoms with E-state index in [0.29, 0.717) is 36.6 Å². The number of hydrogen-bond donors (Lipinski definition) is 1. The molecule has 3 rings (SSSR count). The van der Waals surface area contributed by atoms with Crippen LogP contribution in [0.5, 0.6) is 5.75 Å². The summed E-state index contributed by atoms with van der Waals surface area (Å²) >= 11 is 0. The van der Waals surface area contributed by atoms with Crippen LogP contribution >= 0.6 is 0 Å². The number of nitrogens with one attached hydrogen (secondary N) is 1. The van der Waals surface area contributed by atoms with Crippen molar-refractivity contribution in [2.75, 3.05) is 18.5 Å². The van der Waals surface area contributed by atoms with Crippen molar-refractivity contribution < 1.29 is 18.7 Å². The highest BCUT2D eigenvalue weighted by Gasteiger charge is 2.34. The monoisotopic (exact) mass is 356 g/mol. The van der Waals surface area contributed by atoms with Crippen molar-refractivity contribution in [2.45, 2.75) is 25.8 Å². The van der Waals surface area contributed by atoms with Crippen LogP contribution in [0.15, 0.2) is 48.5 Å². The Morgan fingerprint density at radius 3 is 2.65 bits per heavy atom. The molecule has 0 unspecified atom stereocenters. The van der Waals surface area contributed by atoms with E-state index in [1.54, 1.807) is 17.0 Å². The molecule has 0 spiro atoms. The number of benzene rings is 2. The van der Waals surface area contributed by atoms with Crippen LogP contribution in [0.4, 0.5) is 10.1 Å². The molecule has 0 saturated carbocycles. The maximum absolute atomic E-state index is 13.1. The zero-order chi connectivity index (χ0) is 18.5. The molecule has 1 heterocycles. The van der Waals surface area contributed by atoms with Crippen LogP contribution in [-0.2, 0) is 4.79 Å². The van der Waals surface area contributed by atoms with Crippen LogP contribution < -0.4 is 10.1 Å². The summed E-state index contributed by atoms with van der Waals surface area (Å²) in [6.07, 6.45) is 1.34. The number of carbonyl (C=O) groups excluding carboxylic acids is 2. The number of anilines is 1. The molecular formula is C20H21FN2O3. The second-order valence-electron chi connectivity index (χ2n) is 6.08. The molecule has 1 saturated heterocycles. The standard InChI is InChI=1S/C20H21FN2O3/c1-2-26-18-8-4-3-6-16(18)22-19(24)17-7-5-13-23(17)20(25)14-9-11-15(21)12-10-14/h3-4,6,8-12,17H,2,5,7,13H2,1H3,(H,22,24)/t17-/m0/s1. The van der Waals surface area contributed by atoms with Crippen molar-refractivity contribution in [1.29, 1.82) is 0 Å². The molecule has 2 aromatic carbocycles. The van der Waals surface area contributed by atoms with Crippen molar-refractivity contribution in [3.8, 4) is 5.75 Å². The molecule has 26 heavy (non-hydrogen) atoms. The quantitative estimate of drug-likeness (QED) is 0.892. The van der Waals surface area contributed by atoms with Crippen molar-refractivity contribution in [3.63, 3.8) is 0 Å². The highest BCUT2D eigenvalue weighted by atomic mass is 19.1. The van der Waals surface area contributed by atoms with Gasteiger partial charge in [0.05, 0.1) is 12.3 Å². The summed E-state index contributed by atoms with van der Waals surface area (Å²) in [6, 6.07) is 12.0. The Bertz CT molecular complexity index is 792. The van der Waals surface area contributed by atoms with Crippen LogP contribution in [0.25, 0.3) is 0 Å². The Kier molecular flexibility index (Phi) is 5.51. The third-order valence-corrected chi connectivity index (χ3v) is 4.35. The van der Waals surface area contributed by atoms with E-state index < -0.39 is 11.9 Å². The van der Waals surface area contributed by atoms with Gasteiger partial charge in [0.15, 0.2) is 0 Å². The topological polar surface area (TPSA) is 58.6 Å². The highest BCUT2D eigenvalue weighted by Crippen LogP contribution is 2.26. The average Bonchev–Trinajstić information content (AvgIpc) is 3.13. The molecule has 1 N–H and O–H groups in total. The number of halogens is 1. The zero-order valence-electron chi connectivity index (χ0n) is 14.6. The predicted octanol–water partition coefficient (Wildman–Crippen LogP) is 3.47. The number of para-hydroxylation sites is 2. The molecule has 1 fully saturated rings.